The number of aromatic amines is 1. The average molecular weight is 379 g/mol. The monoisotopic (exact) mass is 379 g/mol. The summed E-state index contributed by atoms with van der Waals surface area (Å²) in [4.78, 5) is 30.3. The van der Waals surface area contributed by atoms with Crippen molar-refractivity contribution in [2.45, 2.75) is 59.0 Å². The maximum absolute atomic E-state index is 12.9. The fourth-order valence-electron chi connectivity index (χ4n) is 4.30. The molecule has 0 radical (unpaired) electrons. The van der Waals surface area contributed by atoms with Crippen LogP contribution in [0.3, 0.4) is 0 Å². The Kier molecular flexibility index (Phi) is 5.97. The summed E-state index contributed by atoms with van der Waals surface area (Å²) in [6, 6.07) is 6.57. The molecular formula is C22H30BN3O2. The Hall–Kier alpha value is -2.50. The van der Waals surface area contributed by atoms with Crippen LogP contribution in [0.1, 0.15) is 58.4 Å². The highest BCUT2D eigenvalue weighted by atomic mass is 16.1. The summed E-state index contributed by atoms with van der Waals surface area (Å²) in [7, 11) is 4.16. The molecule has 2 N–H and O–H groups in total. The van der Waals surface area contributed by atoms with Gasteiger partial charge in [-0.2, -0.15) is 0 Å². The van der Waals surface area contributed by atoms with Gasteiger partial charge in [-0.05, 0) is 56.9 Å². The van der Waals surface area contributed by atoms with Gasteiger partial charge in [-0.25, -0.2) is 0 Å². The van der Waals surface area contributed by atoms with Crippen LogP contribution in [0.15, 0.2) is 23.0 Å². The van der Waals surface area contributed by atoms with E-state index in [2.05, 4.69) is 28.3 Å². The van der Waals surface area contributed by atoms with E-state index >= 15 is 0 Å². The Balaban J connectivity index is 1.83. The Morgan fingerprint density at radius 1 is 1.21 bits per heavy atom. The van der Waals surface area contributed by atoms with Crippen LogP contribution in [0.2, 0.25) is 0 Å². The van der Waals surface area contributed by atoms with E-state index in [0.717, 1.165) is 28.0 Å². The Bertz CT molecular complexity index is 946. The first kappa shape index (κ1) is 20.2. The maximum Gasteiger partial charge on any atom is 0.253 e. The van der Waals surface area contributed by atoms with Gasteiger partial charge in [0.15, 0.2) is 0 Å². The lowest BCUT2D eigenvalue weighted by molar-refractivity contribution is 0.0950. The van der Waals surface area contributed by atoms with Crippen LogP contribution >= 0.6 is 0 Å². The number of pyridine rings is 1. The molecule has 1 fully saturated rings. The normalized spacial score (nSPS) is 14.3. The lowest BCUT2D eigenvalue weighted by atomic mass is 9.90. The highest BCUT2D eigenvalue weighted by Crippen LogP contribution is 2.29. The molecule has 0 atom stereocenters. The molecule has 0 saturated heterocycles. The summed E-state index contributed by atoms with van der Waals surface area (Å²) in [6.07, 6.45) is 4.97. The second-order valence-corrected chi connectivity index (χ2v) is 8.13. The minimum Gasteiger partial charge on any atom is -0.371 e. The Labute approximate surface area is 168 Å². The van der Waals surface area contributed by atoms with Gasteiger partial charge in [0, 0.05) is 42.1 Å². The molecule has 0 aliphatic heterocycles. The van der Waals surface area contributed by atoms with Crippen LogP contribution in [0.25, 0.3) is 0 Å². The number of amides is 1. The summed E-state index contributed by atoms with van der Waals surface area (Å²) in [5, 5.41) is 2.94. The molecule has 2 aromatic rings. The molecule has 28 heavy (non-hydrogen) atoms. The quantitative estimate of drug-likeness (QED) is 0.780. The molecule has 5 nitrogen and oxygen atoms in total. The number of aryl methyl sites for hydroxylation is 2. The topological polar surface area (TPSA) is 65.2 Å². The second kappa shape index (κ2) is 8.25. The highest BCUT2D eigenvalue weighted by Gasteiger charge is 2.23. The minimum atomic E-state index is -0.139. The zero-order chi connectivity index (χ0) is 20.4. The largest absolute Gasteiger partial charge is 0.371 e. The molecule has 0 spiro atoms. The van der Waals surface area contributed by atoms with E-state index in [0.29, 0.717) is 17.2 Å². The zero-order valence-electron chi connectivity index (χ0n) is 17.6. The van der Waals surface area contributed by atoms with Gasteiger partial charge in [-0.1, -0.05) is 24.4 Å². The number of benzene rings is 1. The fourth-order valence-corrected chi connectivity index (χ4v) is 4.30. The SMILES string of the molecule is Bc1cc(C(=O)NCc2c(C)cc(C)[nH]c2=O)c(C)c(N(C)C2CCCC2)c1. The molecule has 1 aliphatic rings. The van der Waals surface area contributed by atoms with Crippen molar-refractivity contribution in [2.24, 2.45) is 0 Å². The number of hydrogen-bond acceptors (Lipinski definition) is 3. The van der Waals surface area contributed by atoms with Crippen LogP contribution in [-0.2, 0) is 6.54 Å². The summed E-state index contributed by atoms with van der Waals surface area (Å²) < 4.78 is 0. The van der Waals surface area contributed by atoms with E-state index in [1.54, 1.807) is 0 Å². The van der Waals surface area contributed by atoms with Crippen molar-refractivity contribution >= 4 is 24.9 Å². The van der Waals surface area contributed by atoms with E-state index in [1.807, 2.05) is 40.8 Å². The first-order chi connectivity index (χ1) is 13.3. The molecular weight excluding hydrogens is 349 g/mol. The predicted molar refractivity (Wildman–Crippen MR) is 118 cm³/mol. The second-order valence-electron chi connectivity index (χ2n) is 8.13. The number of nitrogens with zero attached hydrogens (tertiary/aromatic N) is 1. The van der Waals surface area contributed by atoms with Gasteiger partial charge >= 0.3 is 0 Å². The van der Waals surface area contributed by atoms with Crippen LogP contribution in [0, 0.1) is 20.8 Å². The van der Waals surface area contributed by atoms with Crippen molar-refractivity contribution in [3.05, 3.63) is 56.5 Å². The number of anilines is 1. The van der Waals surface area contributed by atoms with Crippen LogP contribution < -0.4 is 21.2 Å². The molecule has 1 heterocycles. The molecule has 0 bridgehead atoms. The third kappa shape index (κ3) is 4.16. The van der Waals surface area contributed by atoms with E-state index in [9.17, 15) is 9.59 Å². The molecule has 1 aromatic carbocycles. The number of aromatic nitrogens is 1. The van der Waals surface area contributed by atoms with Crippen molar-refractivity contribution in [3.63, 3.8) is 0 Å². The number of carbonyl (C=O) groups is 1. The van der Waals surface area contributed by atoms with Crippen molar-refractivity contribution in [2.75, 3.05) is 11.9 Å². The summed E-state index contributed by atoms with van der Waals surface area (Å²) in [5.74, 6) is -0.137. The number of hydrogen-bond donors (Lipinski definition) is 2. The fraction of sp³-hybridized carbons (Fsp3) is 0.455. The van der Waals surface area contributed by atoms with Gasteiger partial charge < -0.3 is 15.2 Å². The smallest absolute Gasteiger partial charge is 0.253 e. The number of nitrogens with one attached hydrogen (secondary N) is 2. The standard InChI is InChI=1S/C22H30BN3O2/c1-13-9-14(2)25-22(28)19(13)12-24-21(27)18-10-16(23)11-20(15(18)3)26(4)17-7-5-6-8-17/h9-11,17H,5-8,12,23H2,1-4H3,(H,24,27)(H,25,28). The van der Waals surface area contributed by atoms with E-state index < -0.39 is 0 Å². The van der Waals surface area contributed by atoms with Gasteiger partial charge in [-0.3, -0.25) is 9.59 Å². The van der Waals surface area contributed by atoms with Gasteiger partial charge in [0.25, 0.3) is 11.5 Å². The van der Waals surface area contributed by atoms with Crippen LogP contribution in [-0.4, -0.2) is 31.8 Å². The highest BCUT2D eigenvalue weighted by molar-refractivity contribution is 6.33. The van der Waals surface area contributed by atoms with E-state index in [4.69, 9.17) is 0 Å². The van der Waals surface area contributed by atoms with Gasteiger partial charge in [-0.15, -0.1) is 0 Å². The molecule has 1 aliphatic carbocycles. The molecule has 1 saturated carbocycles. The molecule has 0 unspecified atom stereocenters. The van der Waals surface area contributed by atoms with Gasteiger partial charge in [0.2, 0.25) is 0 Å². The number of H-pyrrole nitrogens is 1. The molecule has 6 heteroatoms. The van der Waals surface area contributed by atoms with Crippen LogP contribution in [0.5, 0.6) is 0 Å². The zero-order valence-corrected chi connectivity index (χ0v) is 17.6. The number of rotatable bonds is 5. The Morgan fingerprint density at radius 3 is 2.54 bits per heavy atom. The lowest BCUT2D eigenvalue weighted by Crippen LogP contribution is -2.32. The first-order valence-corrected chi connectivity index (χ1v) is 10.1. The third-order valence-corrected chi connectivity index (χ3v) is 5.94. The third-order valence-electron chi connectivity index (χ3n) is 5.94. The van der Waals surface area contributed by atoms with Crippen molar-refractivity contribution < 1.29 is 4.79 Å². The van der Waals surface area contributed by atoms with Crippen molar-refractivity contribution in [1.82, 2.24) is 10.3 Å². The number of carbonyl (C=O) groups excluding carboxylic acids is 1. The van der Waals surface area contributed by atoms with Gasteiger partial charge in [0.05, 0.1) is 0 Å². The summed E-state index contributed by atoms with van der Waals surface area (Å²) >= 11 is 0. The maximum atomic E-state index is 12.9. The average Bonchev–Trinajstić information content (AvgIpc) is 3.16. The first-order valence-electron chi connectivity index (χ1n) is 10.1. The Morgan fingerprint density at radius 2 is 1.89 bits per heavy atom. The van der Waals surface area contributed by atoms with Gasteiger partial charge in [0.1, 0.15) is 7.85 Å². The molecule has 3 rings (SSSR count). The van der Waals surface area contributed by atoms with E-state index in [-0.39, 0.29) is 18.0 Å². The molecule has 1 aromatic heterocycles. The summed E-state index contributed by atoms with van der Waals surface area (Å²) in [5.41, 5.74) is 6.05. The summed E-state index contributed by atoms with van der Waals surface area (Å²) in [6.45, 7) is 5.99. The van der Waals surface area contributed by atoms with E-state index in [1.165, 1.54) is 25.7 Å². The molecule has 148 valence electrons. The lowest BCUT2D eigenvalue weighted by Gasteiger charge is -2.29. The predicted octanol–water partition coefficient (Wildman–Crippen LogP) is 1.87. The molecule has 1 amide bonds. The van der Waals surface area contributed by atoms with Crippen molar-refractivity contribution in [1.29, 1.82) is 0 Å². The van der Waals surface area contributed by atoms with Crippen LogP contribution in [0.4, 0.5) is 5.69 Å². The minimum absolute atomic E-state index is 0.137. The van der Waals surface area contributed by atoms with Crippen molar-refractivity contribution in [3.8, 4) is 0 Å².